The van der Waals surface area contributed by atoms with E-state index in [0.717, 1.165) is 16.7 Å². The smallest absolute Gasteiger partial charge is 0.407 e. The summed E-state index contributed by atoms with van der Waals surface area (Å²) >= 11 is 0. The number of benzene rings is 3. The van der Waals surface area contributed by atoms with Gasteiger partial charge < -0.3 is 19.9 Å². The Hall–Kier alpha value is -3.47. The number of ether oxygens (including phenoxy) is 2. The molecule has 0 aliphatic rings. The minimum absolute atomic E-state index is 0.0834. The first-order chi connectivity index (χ1) is 13.7. The van der Waals surface area contributed by atoms with Crippen LogP contribution in [-0.4, -0.2) is 17.7 Å². The molecule has 0 saturated heterocycles. The van der Waals surface area contributed by atoms with Crippen LogP contribution in [0.15, 0.2) is 78.9 Å². The number of carbonyl (C=O) groups is 1. The van der Waals surface area contributed by atoms with E-state index in [1.807, 2.05) is 66.7 Å². The number of alkyl carbamates (subject to hydrolysis) is 1. The molecular formula is C23H23NO4. The highest BCUT2D eigenvalue weighted by molar-refractivity contribution is 5.67. The second-order valence-electron chi connectivity index (χ2n) is 6.31. The van der Waals surface area contributed by atoms with Crippen LogP contribution in [0.25, 0.3) is 0 Å². The summed E-state index contributed by atoms with van der Waals surface area (Å²) in [5.41, 5.74) is 2.87. The van der Waals surface area contributed by atoms with Crippen LogP contribution in [-0.2, 0) is 24.4 Å². The van der Waals surface area contributed by atoms with Gasteiger partial charge in [-0.2, -0.15) is 0 Å². The van der Waals surface area contributed by atoms with E-state index in [1.54, 1.807) is 12.1 Å². The molecule has 144 valence electrons. The van der Waals surface area contributed by atoms with Gasteiger partial charge in [0.15, 0.2) is 11.5 Å². The molecule has 0 bridgehead atoms. The fraction of sp³-hybridized carbons (Fsp3) is 0.174. The summed E-state index contributed by atoms with van der Waals surface area (Å²) in [4.78, 5) is 11.7. The number of aromatic hydroxyl groups is 1. The average Bonchev–Trinajstić information content (AvgIpc) is 2.73. The molecule has 0 atom stereocenters. The molecule has 0 saturated carbocycles. The van der Waals surface area contributed by atoms with Crippen molar-refractivity contribution in [1.82, 2.24) is 5.32 Å². The molecule has 3 aromatic rings. The number of phenols is 1. The van der Waals surface area contributed by atoms with E-state index in [1.165, 1.54) is 0 Å². The molecule has 5 heteroatoms. The van der Waals surface area contributed by atoms with Crippen molar-refractivity contribution in [3.8, 4) is 11.5 Å². The van der Waals surface area contributed by atoms with E-state index < -0.39 is 6.09 Å². The molecule has 3 aromatic carbocycles. The Morgan fingerprint density at radius 3 is 2.11 bits per heavy atom. The summed E-state index contributed by atoms with van der Waals surface area (Å²) in [6, 6.07) is 24.5. The first-order valence-electron chi connectivity index (χ1n) is 9.14. The highest BCUT2D eigenvalue weighted by atomic mass is 16.5. The van der Waals surface area contributed by atoms with E-state index in [-0.39, 0.29) is 12.4 Å². The summed E-state index contributed by atoms with van der Waals surface area (Å²) in [7, 11) is 0. The van der Waals surface area contributed by atoms with Crippen LogP contribution in [0, 0.1) is 0 Å². The van der Waals surface area contributed by atoms with Crippen molar-refractivity contribution in [3.63, 3.8) is 0 Å². The zero-order chi connectivity index (χ0) is 19.6. The second-order valence-corrected chi connectivity index (χ2v) is 6.31. The molecule has 5 nitrogen and oxygen atoms in total. The van der Waals surface area contributed by atoms with Crippen molar-refractivity contribution in [2.45, 2.75) is 19.6 Å². The molecule has 0 aliphatic heterocycles. The predicted octanol–water partition coefficient (Wildman–Crippen LogP) is 4.44. The molecule has 1 amide bonds. The van der Waals surface area contributed by atoms with Gasteiger partial charge in [0.25, 0.3) is 0 Å². The highest BCUT2D eigenvalue weighted by Gasteiger charge is 2.06. The van der Waals surface area contributed by atoms with Crippen molar-refractivity contribution in [3.05, 3.63) is 95.6 Å². The molecule has 28 heavy (non-hydrogen) atoms. The number of phenolic OH excluding ortho intramolecular Hbond substituents is 1. The van der Waals surface area contributed by atoms with E-state index >= 15 is 0 Å². The lowest BCUT2D eigenvalue weighted by Gasteiger charge is -2.10. The van der Waals surface area contributed by atoms with Gasteiger partial charge in [0, 0.05) is 6.54 Å². The van der Waals surface area contributed by atoms with Crippen LogP contribution in [0.4, 0.5) is 4.79 Å². The van der Waals surface area contributed by atoms with Gasteiger partial charge in [0.1, 0.15) is 13.2 Å². The molecule has 0 heterocycles. The maximum absolute atomic E-state index is 11.7. The van der Waals surface area contributed by atoms with Gasteiger partial charge in [0.05, 0.1) is 0 Å². The zero-order valence-electron chi connectivity index (χ0n) is 15.5. The summed E-state index contributed by atoms with van der Waals surface area (Å²) in [6.45, 7) is 1.04. The van der Waals surface area contributed by atoms with Crippen LogP contribution in [0.1, 0.15) is 16.7 Å². The first-order valence-corrected chi connectivity index (χ1v) is 9.14. The van der Waals surface area contributed by atoms with Crippen LogP contribution in [0.5, 0.6) is 11.5 Å². The Balaban J connectivity index is 1.41. The number of hydrogen-bond donors (Lipinski definition) is 2. The number of nitrogens with one attached hydrogen (secondary N) is 1. The maximum Gasteiger partial charge on any atom is 0.407 e. The van der Waals surface area contributed by atoms with Gasteiger partial charge in [0.2, 0.25) is 0 Å². The van der Waals surface area contributed by atoms with Crippen molar-refractivity contribution in [2.75, 3.05) is 6.54 Å². The average molecular weight is 377 g/mol. The van der Waals surface area contributed by atoms with Crippen molar-refractivity contribution < 1.29 is 19.4 Å². The Kier molecular flexibility index (Phi) is 6.90. The fourth-order valence-corrected chi connectivity index (χ4v) is 2.66. The number of rotatable bonds is 8. The minimum Gasteiger partial charge on any atom is -0.504 e. The Morgan fingerprint density at radius 2 is 1.46 bits per heavy atom. The summed E-state index contributed by atoms with van der Waals surface area (Å²) in [5.74, 6) is 0.517. The van der Waals surface area contributed by atoms with Crippen LogP contribution < -0.4 is 10.1 Å². The highest BCUT2D eigenvalue weighted by Crippen LogP contribution is 2.27. The van der Waals surface area contributed by atoms with Crippen molar-refractivity contribution in [1.29, 1.82) is 0 Å². The normalized spacial score (nSPS) is 10.3. The SMILES string of the molecule is O=C(NCCc1ccc(OCc2ccccc2)c(O)c1)OCc1ccccc1. The third-order valence-corrected chi connectivity index (χ3v) is 4.16. The van der Waals surface area contributed by atoms with Crippen LogP contribution in [0.3, 0.4) is 0 Å². The topological polar surface area (TPSA) is 67.8 Å². The lowest BCUT2D eigenvalue weighted by atomic mass is 10.1. The quantitative estimate of drug-likeness (QED) is 0.609. The molecular weight excluding hydrogens is 354 g/mol. The van der Waals surface area contributed by atoms with Crippen molar-refractivity contribution >= 4 is 6.09 Å². The van der Waals surface area contributed by atoms with E-state index in [9.17, 15) is 9.90 Å². The second kappa shape index (κ2) is 10.0. The number of carbonyl (C=O) groups excluding carboxylic acids is 1. The zero-order valence-corrected chi connectivity index (χ0v) is 15.5. The molecule has 0 spiro atoms. The molecule has 0 aromatic heterocycles. The van der Waals surface area contributed by atoms with Gasteiger partial charge in [-0.15, -0.1) is 0 Å². The van der Waals surface area contributed by atoms with E-state index in [0.29, 0.717) is 25.3 Å². The monoisotopic (exact) mass is 377 g/mol. The molecule has 3 rings (SSSR count). The van der Waals surface area contributed by atoms with E-state index in [4.69, 9.17) is 9.47 Å². The molecule has 2 N–H and O–H groups in total. The number of hydrogen-bond acceptors (Lipinski definition) is 4. The first kappa shape index (κ1) is 19.3. The standard InChI is InChI=1S/C23H23NO4/c25-21-15-18(11-12-22(21)27-16-19-7-3-1-4-8-19)13-14-24-23(26)28-17-20-9-5-2-6-10-20/h1-12,15,25H,13-14,16-17H2,(H,24,26). The van der Waals surface area contributed by atoms with Gasteiger partial charge in [-0.05, 0) is 35.2 Å². The molecule has 0 fully saturated rings. The van der Waals surface area contributed by atoms with Gasteiger partial charge in [-0.3, -0.25) is 0 Å². The summed E-state index contributed by atoms with van der Waals surface area (Å²) in [5, 5.41) is 12.9. The summed E-state index contributed by atoms with van der Waals surface area (Å²) in [6.07, 6.45) is 0.114. The summed E-state index contributed by atoms with van der Waals surface area (Å²) < 4.78 is 10.8. The van der Waals surface area contributed by atoms with Crippen molar-refractivity contribution in [2.24, 2.45) is 0 Å². The Bertz CT molecular complexity index is 882. The lowest BCUT2D eigenvalue weighted by Crippen LogP contribution is -2.26. The molecule has 0 unspecified atom stereocenters. The Morgan fingerprint density at radius 1 is 0.821 bits per heavy atom. The van der Waals surface area contributed by atoms with E-state index in [2.05, 4.69) is 5.32 Å². The minimum atomic E-state index is -0.462. The third-order valence-electron chi connectivity index (χ3n) is 4.16. The molecule has 0 radical (unpaired) electrons. The van der Waals surface area contributed by atoms with Gasteiger partial charge in [-0.1, -0.05) is 66.7 Å². The number of amides is 1. The largest absolute Gasteiger partial charge is 0.504 e. The molecule has 0 aliphatic carbocycles. The Labute approximate surface area is 164 Å². The third kappa shape index (κ3) is 6.06. The van der Waals surface area contributed by atoms with Gasteiger partial charge in [-0.25, -0.2) is 4.79 Å². The lowest BCUT2D eigenvalue weighted by molar-refractivity contribution is 0.140. The van der Waals surface area contributed by atoms with Crippen LogP contribution >= 0.6 is 0 Å². The predicted molar refractivity (Wildman–Crippen MR) is 107 cm³/mol. The fourth-order valence-electron chi connectivity index (χ4n) is 2.66. The maximum atomic E-state index is 11.7. The van der Waals surface area contributed by atoms with Gasteiger partial charge >= 0.3 is 6.09 Å². The van der Waals surface area contributed by atoms with Crippen LogP contribution in [0.2, 0.25) is 0 Å².